The summed E-state index contributed by atoms with van der Waals surface area (Å²) < 4.78 is 0. The van der Waals surface area contributed by atoms with Crippen LogP contribution in [0.4, 0.5) is 5.69 Å². The zero-order valence-electron chi connectivity index (χ0n) is 13.0. The van der Waals surface area contributed by atoms with Gasteiger partial charge in [-0.15, -0.1) is 0 Å². The number of anilines is 1. The van der Waals surface area contributed by atoms with Crippen LogP contribution < -0.4 is 10.6 Å². The Kier molecular flexibility index (Phi) is 6.85. The molecule has 0 saturated heterocycles. The van der Waals surface area contributed by atoms with Gasteiger partial charge in [0.15, 0.2) is 0 Å². The third-order valence-electron chi connectivity index (χ3n) is 3.13. The molecule has 0 aromatic heterocycles. The number of amides is 2. The van der Waals surface area contributed by atoms with Crippen molar-refractivity contribution < 1.29 is 9.59 Å². The zero-order chi connectivity index (χ0) is 16.5. The van der Waals surface area contributed by atoms with Crippen molar-refractivity contribution in [3.63, 3.8) is 0 Å². The number of rotatable bonds is 7. The van der Waals surface area contributed by atoms with Crippen molar-refractivity contribution in [3.8, 4) is 0 Å². The third kappa shape index (κ3) is 6.27. The van der Waals surface area contributed by atoms with Crippen molar-refractivity contribution in [2.24, 2.45) is 0 Å². The summed E-state index contributed by atoms with van der Waals surface area (Å²) in [4.78, 5) is 23.7. The molecule has 2 N–H and O–H groups in total. The normalized spacial score (nSPS) is 11.5. The molecular formula is C18H20N2O2Se. The van der Waals surface area contributed by atoms with Gasteiger partial charge in [0, 0.05) is 0 Å². The number of hydrogen-bond donors (Lipinski definition) is 2. The molecule has 0 spiro atoms. The van der Waals surface area contributed by atoms with E-state index in [1.807, 2.05) is 48.5 Å². The first-order valence-electron chi connectivity index (χ1n) is 7.40. The van der Waals surface area contributed by atoms with Crippen molar-refractivity contribution in [2.75, 3.05) is 5.32 Å². The molecule has 23 heavy (non-hydrogen) atoms. The number of para-hydroxylation sites is 1. The SMILES string of the molecule is CC(=O)N[C@@H](C[Se]Cc1ccccc1)C(=O)Nc1ccccc1. The predicted octanol–water partition coefficient (Wildman–Crippen LogP) is 2.45. The van der Waals surface area contributed by atoms with Gasteiger partial charge in [-0.25, -0.2) is 0 Å². The number of carbonyl (C=O) groups is 2. The summed E-state index contributed by atoms with van der Waals surface area (Å²) in [6.07, 6.45) is 0. The summed E-state index contributed by atoms with van der Waals surface area (Å²) in [7, 11) is 0. The molecule has 2 amide bonds. The van der Waals surface area contributed by atoms with Gasteiger partial charge in [0.2, 0.25) is 0 Å². The van der Waals surface area contributed by atoms with Gasteiger partial charge in [0.25, 0.3) is 0 Å². The molecule has 0 aliphatic carbocycles. The summed E-state index contributed by atoms with van der Waals surface area (Å²) in [5.74, 6) is -0.352. The molecule has 4 nitrogen and oxygen atoms in total. The van der Waals surface area contributed by atoms with E-state index in [1.165, 1.54) is 12.5 Å². The van der Waals surface area contributed by atoms with E-state index >= 15 is 0 Å². The van der Waals surface area contributed by atoms with Crippen LogP contribution in [0, 0.1) is 0 Å². The Morgan fingerprint density at radius 2 is 1.61 bits per heavy atom. The zero-order valence-corrected chi connectivity index (χ0v) is 14.7. The summed E-state index contributed by atoms with van der Waals surface area (Å²) in [6.45, 7) is 1.44. The van der Waals surface area contributed by atoms with Gasteiger partial charge in [-0.05, 0) is 0 Å². The molecule has 0 saturated carbocycles. The summed E-state index contributed by atoms with van der Waals surface area (Å²) >= 11 is 0.239. The Labute approximate surface area is 142 Å². The van der Waals surface area contributed by atoms with E-state index in [-0.39, 0.29) is 26.8 Å². The molecule has 0 unspecified atom stereocenters. The number of nitrogens with one attached hydrogen (secondary N) is 2. The molecular weight excluding hydrogens is 355 g/mol. The average molecular weight is 375 g/mol. The molecule has 0 radical (unpaired) electrons. The monoisotopic (exact) mass is 376 g/mol. The molecule has 0 aliphatic heterocycles. The van der Waals surface area contributed by atoms with E-state index < -0.39 is 6.04 Å². The van der Waals surface area contributed by atoms with Crippen LogP contribution in [0.25, 0.3) is 0 Å². The molecule has 2 rings (SSSR count). The first-order valence-corrected chi connectivity index (χ1v) is 9.82. The number of benzene rings is 2. The van der Waals surface area contributed by atoms with Gasteiger partial charge in [-0.1, -0.05) is 0 Å². The van der Waals surface area contributed by atoms with Crippen LogP contribution in [0.1, 0.15) is 12.5 Å². The Morgan fingerprint density at radius 1 is 1.00 bits per heavy atom. The van der Waals surface area contributed by atoms with Gasteiger partial charge in [0.1, 0.15) is 0 Å². The Morgan fingerprint density at radius 3 is 2.22 bits per heavy atom. The second-order valence-electron chi connectivity index (χ2n) is 5.11. The summed E-state index contributed by atoms with van der Waals surface area (Å²) in [5.41, 5.74) is 2.00. The Hall–Kier alpha value is -2.10. The number of hydrogen-bond acceptors (Lipinski definition) is 2. The van der Waals surface area contributed by atoms with Crippen LogP contribution in [-0.2, 0) is 14.9 Å². The fourth-order valence-corrected chi connectivity index (χ4v) is 4.18. The van der Waals surface area contributed by atoms with Crippen LogP contribution in [0.15, 0.2) is 60.7 Å². The van der Waals surface area contributed by atoms with Crippen molar-refractivity contribution in [2.45, 2.75) is 23.6 Å². The first-order chi connectivity index (χ1) is 11.1. The summed E-state index contributed by atoms with van der Waals surface area (Å²) in [5, 5.41) is 7.22. The van der Waals surface area contributed by atoms with Gasteiger partial charge in [-0.2, -0.15) is 0 Å². The third-order valence-corrected chi connectivity index (χ3v) is 5.45. The van der Waals surface area contributed by atoms with Crippen molar-refractivity contribution in [3.05, 3.63) is 66.2 Å². The molecule has 5 heteroatoms. The van der Waals surface area contributed by atoms with E-state index in [9.17, 15) is 9.59 Å². The topological polar surface area (TPSA) is 58.2 Å². The van der Waals surface area contributed by atoms with E-state index in [4.69, 9.17) is 0 Å². The molecule has 2 aromatic rings. The molecule has 0 fully saturated rings. The number of carbonyl (C=O) groups excluding carboxylic acids is 2. The Bertz CT molecular complexity index is 632. The maximum absolute atomic E-state index is 12.4. The fourth-order valence-electron chi connectivity index (χ4n) is 2.05. The fraction of sp³-hybridized carbons (Fsp3) is 0.222. The van der Waals surface area contributed by atoms with Crippen molar-refractivity contribution >= 4 is 32.5 Å². The van der Waals surface area contributed by atoms with Crippen LogP contribution in [-0.4, -0.2) is 32.8 Å². The van der Waals surface area contributed by atoms with Gasteiger partial charge in [0.05, 0.1) is 0 Å². The van der Waals surface area contributed by atoms with Gasteiger partial charge < -0.3 is 0 Å². The quantitative estimate of drug-likeness (QED) is 0.731. The van der Waals surface area contributed by atoms with Gasteiger partial charge in [-0.3, -0.25) is 0 Å². The maximum atomic E-state index is 12.4. The first kappa shape index (κ1) is 17.3. The second kappa shape index (κ2) is 9.13. The molecule has 0 heterocycles. The molecule has 1 atom stereocenters. The van der Waals surface area contributed by atoms with Crippen molar-refractivity contribution in [1.29, 1.82) is 0 Å². The average Bonchev–Trinajstić information content (AvgIpc) is 2.55. The molecule has 0 aliphatic rings. The molecule has 120 valence electrons. The minimum atomic E-state index is -0.489. The van der Waals surface area contributed by atoms with Crippen molar-refractivity contribution in [1.82, 2.24) is 5.32 Å². The van der Waals surface area contributed by atoms with E-state index in [2.05, 4.69) is 22.8 Å². The Balaban J connectivity index is 1.90. The second-order valence-corrected chi connectivity index (χ2v) is 7.27. The van der Waals surface area contributed by atoms with Crippen LogP contribution in [0.5, 0.6) is 0 Å². The van der Waals surface area contributed by atoms with E-state index in [0.29, 0.717) is 5.32 Å². The predicted molar refractivity (Wildman–Crippen MR) is 93.4 cm³/mol. The molecule has 0 bridgehead atoms. The molecule has 2 aromatic carbocycles. The standard InChI is InChI=1S/C18H20N2O2Se/c1-14(21)19-17(13-23-12-15-8-4-2-5-9-15)18(22)20-16-10-6-3-7-11-16/h2-11,17H,12-13H2,1H3,(H,19,21)(H,20,22)/t17-/m0/s1. The van der Waals surface area contributed by atoms with Crippen LogP contribution >= 0.6 is 0 Å². The van der Waals surface area contributed by atoms with Crippen LogP contribution in [0.3, 0.4) is 0 Å². The van der Waals surface area contributed by atoms with Gasteiger partial charge >= 0.3 is 143 Å². The van der Waals surface area contributed by atoms with E-state index in [1.54, 1.807) is 0 Å². The van der Waals surface area contributed by atoms with E-state index in [0.717, 1.165) is 11.0 Å². The summed E-state index contributed by atoms with van der Waals surface area (Å²) in [6, 6.07) is 19.0. The minimum absolute atomic E-state index is 0.165. The van der Waals surface area contributed by atoms with Crippen LogP contribution in [0.2, 0.25) is 5.32 Å².